The van der Waals surface area contributed by atoms with Crippen LogP contribution in [0.2, 0.25) is 0 Å². The van der Waals surface area contributed by atoms with Crippen LogP contribution in [-0.4, -0.2) is 12.5 Å². The highest BCUT2D eigenvalue weighted by atomic mass is 79.9. The maximum absolute atomic E-state index is 13.0. The number of anilines is 1. The number of hydrogen-bond acceptors (Lipinski definition) is 2. The molecule has 0 saturated carbocycles. The molecule has 0 radical (unpaired) electrons. The molecule has 3 nitrogen and oxygen atoms in total. The third-order valence-corrected chi connectivity index (χ3v) is 3.19. The third-order valence-electron chi connectivity index (χ3n) is 2.58. The second-order valence-corrected chi connectivity index (χ2v) is 5.06. The predicted molar refractivity (Wildman–Crippen MR) is 70.1 cm³/mol. The molecule has 0 aliphatic carbocycles. The number of nitrogens with one attached hydrogen (secondary N) is 1. The molecule has 0 saturated heterocycles. The van der Waals surface area contributed by atoms with Crippen LogP contribution in [0, 0.1) is 17.7 Å². The molecular weight excluding hydrogens is 287 g/mol. The van der Waals surface area contributed by atoms with Crippen LogP contribution in [0.4, 0.5) is 10.1 Å². The summed E-state index contributed by atoms with van der Waals surface area (Å²) in [4.78, 5) is 11.9. The highest BCUT2D eigenvalue weighted by Gasteiger charge is 2.20. The fourth-order valence-corrected chi connectivity index (χ4v) is 1.87. The summed E-state index contributed by atoms with van der Waals surface area (Å²) in [5.74, 6) is -0.564. The molecule has 1 aromatic carbocycles. The SMILES string of the molecule is CC(C)C(CN)C(=O)Nc1ccc(F)c(Br)c1. The zero-order valence-corrected chi connectivity index (χ0v) is 11.4. The topological polar surface area (TPSA) is 55.1 Å². The van der Waals surface area contributed by atoms with Gasteiger partial charge in [0, 0.05) is 12.2 Å². The Morgan fingerprint density at radius 3 is 2.65 bits per heavy atom. The molecule has 1 rings (SSSR count). The molecule has 3 N–H and O–H groups in total. The monoisotopic (exact) mass is 302 g/mol. The lowest BCUT2D eigenvalue weighted by Gasteiger charge is -2.18. The van der Waals surface area contributed by atoms with E-state index in [-0.39, 0.29) is 23.6 Å². The van der Waals surface area contributed by atoms with Gasteiger partial charge >= 0.3 is 0 Å². The largest absolute Gasteiger partial charge is 0.330 e. The zero-order chi connectivity index (χ0) is 13.0. The standard InChI is InChI=1S/C12H16BrFN2O/c1-7(2)9(6-15)12(17)16-8-3-4-11(14)10(13)5-8/h3-5,7,9H,6,15H2,1-2H3,(H,16,17). The third kappa shape index (κ3) is 3.78. The van der Waals surface area contributed by atoms with Crippen molar-refractivity contribution in [1.29, 1.82) is 0 Å². The Balaban J connectivity index is 2.77. The van der Waals surface area contributed by atoms with Gasteiger partial charge in [0.05, 0.1) is 10.4 Å². The molecule has 0 aliphatic heterocycles. The van der Waals surface area contributed by atoms with E-state index < -0.39 is 0 Å². The van der Waals surface area contributed by atoms with Crippen molar-refractivity contribution in [2.24, 2.45) is 17.6 Å². The average molecular weight is 303 g/mol. The minimum atomic E-state index is -0.359. The second kappa shape index (κ2) is 6.12. The summed E-state index contributed by atoms with van der Waals surface area (Å²) in [5.41, 5.74) is 6.11. The lowest BCUT2D eigenvalue weighted by Crippen LogP contribution is -2.33. The maximum atomic E-state index is 13.0. The molecule has 0 bridgehead atoms. The van der Waals surface area contributed by atoms with E-state index in [1.807, 2.05) is 13.8 Å². The smallest absolute Gasteiger partial charge is 0.229 e. The van der Waals surface area contributed by atoms with Crippen molar-refractivity contribution in [3.63, 3.8) is 0 Å². The predicted octanol–water partition coefficient (Wildman–Crippen LogP) is 2.76. The summed E-state index contributed by atoms with van der Waals surface area (Å²) in [5, 5.41) is 2.73. The molecule has 0 fully saturated rings. The Kier molecular flexibility index (Phi) is 5.08. The van der Waals surface area contributed by atoms with Gasteiger partial charge in [-0.15, -0.1) is 0 Å². The molecule has 1 unspecified atom stereocenters. The zero-order valence-electron chi connectivity index (χ0n) is 9.84. The van der Waals surface area contributed by atoms with Crippen LogP contribution >= 0.6 is 15.9 Å². The number of halogens is 2. The highest BCUT2D eigenvalue weighted by Crippen LogP contribution is 2.21. The Bertz CT molecular complexity index is 409. The molecule has 0 aliphatic rings. The first kappa shape index (κ1) is 14.1. The minimum absolute atomic E-state index is 0.138. The van der Waals surface area contributed by atoms with Gasteiger partial charge in [-0.3, -0.25) is 4.79 Å². The van der Waals surface area contributed by atoms with Crippen LogP contribution in [0.25, 0.3) is 0 Å². The molecule has 1 atom stereocenters. The van der Waals surface area contributed by atoms with E-state index in [0.717, 1.165) is 0 Å². The summed E-state index contributed by atoms with van der Waals surface area (Å²) >= 11 is 3.07. The number of carbonyl (C=O) groups is 1. The number of nitrogens with two attached hydrogens (primary N) is 1. The van der Waals surface area contributed by atoms with Gasteiger partial charge in [-0.25, -0.2) is 4.39 Å². The number of hydrogen-bond donors (Lipinski definition) is 2. The quantitative estimate of drug-likeness (QED) is 0.898. The summed E-state index contributed by atoms with van der Waals surface area (Å²) in [6.07, 6.45) is 0. The molecule has 0 heterocycles. The van der Waals surface area contributed by atoms with E-state index in [1.165, 1.54) is 18.2 Å². The Hall–Kier alpha value is -0.940. The van der Waals surface area contributed by atoms with E-state index in [2.05, 4.69) is 21.2 Å². The summed E-state index contributed by atoms with van der Waals surface area (Å²) in [6.45, 7) is 4.18. The van der Waals surface area contributed by atoms with Gasteiger partial charge in [0.1, 0.15) is 5.82 Å². The Morgan fingerprint density at radius 1 is 1.53 bits per heavy atom. The van der Waals surface area contributed by atoms with Crippen molar-refractivity contribution in [3.05, 3.63) is 28.5 Å². The van der Waals surface area contributed by atoms with Crippen LogP contribution in [0.1, 0.15) is 13.8 Å². The van der Waals surface area contributed by atoms with E-state index in [0.29, 0.717) is 16.7 Å². The molecule has 94 valence electrons. The molecule has 17 heavy (non-hydrogen) atoms. The average Bonchev–Trinajstić information content (AvgIpc) is 2.24. The molecule has 0 spiro atoms. The van der Waals surface area contributed by atoms with Crippen LogP contribution in [0.3, 0.4) is 0 Å². The summed E-state index contributed by atoms with van der Waals surface area (Å²) in [7, 11) is 0. The molecule has 5 heteroatoms. The molecule has 1 amide bonds. The van der Waals surface area contributed by atoms with Gasteiger partial charge in [-0.2, -0.15) is 0 Å². The van der Waals surface area contributed by atoms with Gasteiger partial charge in [0.2, 0.25) is 5.91 Å². The summed E-state index contributed by atoms with van der Waals surface area (Å²) in [6, 6.07) is 4.35. The summed E-state index contributed by atoms with van der Waals surface area (Å²) < 4.78 is 13.3. The van der Waals surface area contributed by atoms with Crippen molar-refractivity contribution in [2.75, 3.05) is 11.9 Å². The highest BCUT2D eigenvalue weighted by molar-refractivity contribution is 9.10. The van der Waals surface area contributed by atoms with E-state index in [9.17, 15) is 9.18 Å². The van der Waals surface area contributed by atoms with Gasteiger partial charge in [-0.1, -0.05) is 13.8 Å². The normalized spacial score (nSPS) is 12.6. The van der Waals surface area contributed by atoms with Crippen molar-refractivity contribution in [1.82, 2.24) is 0 Å². The minimum Gasteiger partial charge on any atom is -0.330 e. The fraction of sp³-hybridized carbons (Fsp3) is 0.417. The van der Waals surface area contributed by atoms with Crippen molar-refractivity contribution < 1.29 is 9.18 Å². The number of carbonyl (C=O) groups excluding carboxylic acids is 1. The first-order chi connectivity index (χ1) is 7.95. The van der Waals surface area contributed by atoms with Gasteiger partial charge in [-0.05, 0) is 40.0 Å². The lowest BCUT2D eigenvalue weighted by molar-refractivity contribution is -0.120. The maximum Gasteiger partial charge on any atom is 0.229 e. The Labute approximate surface area is 109 Å². The fourth-order valence-electron chi connectivity index (χ4n) is 1.49. The van der Waals surface area contributed by atoms with Crippen molar-refractivity contribution >= 4 is 27.5 Å². The van der Waals surface area contributed by atoms with E-state index in [1.54, 1.807) is 0 Å². The Morgan fingerprint density at radius 2 is 2.18 bits per heavy atom. The second-order valence-electron chi connectivity index (χ2n) is 4.20. The van der Waals surface area contributed by atoms with Gasteiger partial charge in [0.15, 0.2) is 0 Å². The van der Waals surface area contributed by atoms with Crippen molar-refractivity contribution in [2.45, 2.75) is 13.8 Å². The van der Waals surface area contributed by atoms with Crippen LogP contribution in [0.15, 0.2) is 22.7 Å². The lowest BCUT2D eigenvalue weighted by atomic mass is 9.95. The molecule has 0 aromatic heterocycles. The first-order valence-corrected chi connectivity index (χ1v) is 6.21. The van der Waals surface area contributed by atoms with Crippen LogP contribution in [0.5, 0.6) is 0 Å². The van der Waals surface area contributed by atoms with Gasteiger partial charge < -0.3 is 11.1 Å². The number of rotatable bonds is 4. The van der Waals surface area contributed by atoms with Crippen molar-refractivity contribution in [3.8, 4) is 0 Å². The van der Waals surface area contributed by atoms with Crippen LogP contribution < -0.4 is 11.1 Å². The first-order valence-electron chi connectivity index (χ1n) is 5.41. The molecular formula is C12H16BrFN2O. The molecule has 1 aromatic rings. The van der Waals surface area contributed by atoms with E-state index in [4.69, 9.17) is 5.73 Å². The van der Waals surface area contributed by atoms with E-state index >= 15 is 0 Å². The van der Waals surface area contributed by atoms with Gasteiger partial charge in [0.25, 0.3) is 0 Å². The van der Waals surface area contributed by atoms with Crippen LogP contribution in [-0.2, 0) is 4.79 Å². The number of benzene rings is 1. The number of amides is 1.